The largest absolute Gasteiger partial charge is 0.235 e. The molecule has 0 saturated heterocycles. The van der Waals surface area contributed by atoms with Gasteiger partial charge in [-0.05, 0) is 22.4 Å². The highest BCUT2D eigenvalue weighted by Crippen LogP contribution is 2.25. The zero-order valence-electron chi connectivity index (χ0n) is 6.86. The molecule has 0 bridgehead atoms. The van der Waals surface area contributed by atoms with E-state index in [1.807, 2.05) is 23.6 Å². The normalized spacial score (nSPS) is 9.85. The first kappa shape index (κ1) is 8.17. The van der Waals surface area contributed by atoms with Gasteiger partial charge in [-0.15, -0.1) is 11.3 Å². The van der Waals surface area contributed by atoms with Crippen LogP contribution in [0.2, 0.25) is 0 Å². The molecule has 0 aliphatic carbocycles. The number of isocyanates is 1. The lowest BCUT2D eigenvalue weighted by atomic mass is 10.2. The summed E-state index contributed by atoms with van der Waals surface area (Å²) in [4.78, 5) is 13.5. The third-order valence-corrected chi connectivity index (χ3v) is 2.89. The standard InChI is InChI=1S/C10H7NOS/c12-7-11-5-8-6-13-10-4-2-1-3-9(8)10/h1-4,6H,5H2. The van der Waals surface area contributed by atoms with E-state index in [4.69, 9.17) is 0 Å². The van der Waals surface area contributed by atoms with E-state index in [0.29, 0.717) is 6.54 Å². The van der Waals surface area contributed by atoms with Crippen molar-refractivity contribution in [1.29, 1.82) is 0 Å². The molecule has 3 heteroatoms. The number of hydrogen-bond acceptors (Lipinski definition) is 3. The van der Waals surface area contributed by atoms with Crippen LogP contribution in [-0.4, -0.2) is 6.08 Å². The SMILES string of the molecule is O=C=NCc1csc2ccccc12. The molecule has 0 N–H and O–H groups in total. The topological polar surface area (TPSA) is 29.4 Å². The minimum atomic E-state index is 0.438. The number of hydrogen-bond donors (Lipinski definition) is 0. The number of fused-ring (bicyclic) bond motifs is 1. The van der Waals surface area contributed by atoms with Gasteiger partial charge < -0.3 is 0 Å². The van der Waals surface area contributed by atoms with Gasteiger partial charge in [-0.2, -0.15) is 0 Å². The second kappa shape index (κ2) is 3.52. The number of aliphatic imine (C=N–C) groups is 1. The molecule has 1 aromatic heterocycles. The van der Waals surface area contributed by atoms with Crippen molar-refractivity contribution in [2.24, 2.45) is 4.99 Å². The Balaban J connectivity index is 2.51. The van der Waals surface area contributed by atoms with E-state index in [-0.39, 0.29) is 0 Å². The van der Waals surface area contributed by atoms with Gasteiger partial charge in [0.25, 0.3) is 0 Å². The minimum absolute atomic E-state index is 0.438. The average Bonchev–Trinajstić information content (AvgIpc) is 2.58. The van der Waals surface area contributed by atoms with E-state index in [2.05, 4.69) is 11.1 Å². The van der Waals surface area contributed by atoms with Gasteiger partial charge in [-0.3, -0.25) is 0 Å². The molecule has 64 valence electrons. The Bertz CT molecular complexity index is 468. The number of thiophene rings is 1. The van der Waals surface area contributed by atoms with E-state index in [9.17, 15) is 4.79 Å². The first-order valence-electron chi connectivity index (χ1n) is 3.90. The van der Waals surface area contributed by atoms with Crippen molar-refractivity contribution in [3.63, 3.8) is 0 Å². The molecule has 0 radical (unpaired) electrons. The van der Waals surface area contributed by atoms with Crippen molar-refractivity contribution in [3.8, 4) is 0 Å². The summed E-state index contributed by atoms with van der Waals surface area (Å²) in [6.07, 6.45) is 1.55. The third kappa shape index (κ3) is 1.52. The molecule has 0 saturated carbocycles. The molecule has 0 atom stereocenters. The number of rotatable bonds is 2. The highest BCUT2D eigenvalue weighted by Gasteiger charge is 2.00. The van der Waals surface area contributed by atoms with E-state index in [1.165, 1.54) is 10.1 Å². The highest BCUT2D eigenvalue weighted by atomic mass is 32.1. The zero-order valence-corrected chi connectivity index (χ0v) is 7.67. The lowest BCUT2D eigenvalue weighted by molar-refractivity contribution is 0.563. The molecule has 0 aliphatic rings. The summed E-state index contributed by atoms with van der Waals surface area (Å²) in [6.45, 7) is 0.438. The fourth-order valence-corrected chi connectivity index (χ4v) is 2.23. The van der Waals surface area contributed by atoms with Gasteiger partial charge in [-0.1, -0.05) is 18.2 Å². The van der Waals surface area contributed by atoms with Crippen LogP contribution in [0.1, 0.15) is 5.56 Å². The Morgan fingerprint density at radius 1 is 1.38 bits per heavy atom. The maximum absolute atomic E-state index is 9.95. The van der Waals surface area contributed by atoms with Crippen LogP contribution < -0.4 is 0 Å². The minimum Gasteiger partial charge on any atom is -0.211 e. The fraction of sp³-hybridized carbons (Fsp3) is 0.100. The Labute approximate surface area is 79.5 Å². The van der Waals surface area contributed by atoms with Gasteiger partial charge in [0.2, 0.25) is 6.08 Å². The predicted molar refractivity (Wildman–Crippen MR) is 53.7 cm³/mol. The first-order valence-corrected chi connectivity index (χ1v) is 4.78. The van der Waals surface area contributed by atoms with Crippen LogP contribution in [0.25, 0.3) is 10.1 Å². The van der Waals surface area contributed by atoms with Crippen molar-refractivity contribution >= 4 is 27.5 Å². The van der Waals surface area contributed by atoms with Gasteiger partial charge >= 0.3 is 0 Å². The monoisotopic (exact) mass is 189 g/mol. The first-order chi connectivity index (χ1) is 6.42. The van der Waals surface area contributed by atoms with Crippen LogP contribution in [-0.2, 0) is 11.3 Å². The van der Waals surface area contributed by atoms with Crippen molar-refractivity contribution in [3.05, 3.63) is 35.2 Å². The highest BCUT2D eigenvalue weighted by molar-refractivity contribution is 7.17. The van der Waals surface area contributed by atoms with Gasteiger partial charge in [0.1, 0.15) is 0 Å². The second-order valence-electron chi connectivity index (χ2n) is 2.66. The Morgan fingerprint density at radius 3 is 3.08 bits per heavy atom. The van der Waals surface area contributed by atoms with E-state index in [1.54, 1.807) is 17.4 Å². The molecule has 0 aliphatic heterocycles. The summed E-state index contributed by atoms with van der Waals surface area (Å²) in [6, 6.07) is 8.10. The van der Waals surface area contributed by atoms with Crippen LogP contribution >= 0.6 is 11.3 Å². The lowest BCUT2D eigenvalue weighted by Gasteiger charge is -1.91. The summed E-state index contributed by atoms with van der Waals surface area (Å²) >= 11 is 1.67. The Kier molecular flexibility index (Phi) is 2.21. The molecule has 1 heterocycles. The van der Waals surface area contributed by atoms with Crippen LogP contribution in [0.15, 0.2) is 34.6 Å². The van der Waals surface area contributed by atoms with Crippen molar-refractivity contribution in [2.75, 3.05) is 0 Å². The molecule has 0 unspecified atom stereocenters. The number of nitrogens with zero attached hydrogens (tertiary/aromatic N) is 1. The molecule has 0 spiro atoms. The summed E-state index contributed by atoms with van der Waals surface area (Å²) in [7, 11) is 0. The van der Waals surface area contributed by atoms with Crippen molar-refractivity contribution in [1.82, 2.24) is 0 Å². The van der Waals surface area contributed by atoms with Gasteiger partial charge in [-0.25, -0.2) is 9.79 Å². The summed E-state index contributed by atoms with van der Waals surface area (Å²) in [5.74, 6) is 0. The molecule has 13 heavy (non-hydrogen) atoms. The van der Waals surface area contributed by atoms with E-state index < -0.39 is 0 Å². The number of benzene rings is 1. The van der Waals surface area contributed by atoms with Crippen LogP contribution in [0, 0.1) is 0 Å². The summed E-state index contributed by atoms with van der Waals surface area (Å²) in [5, 5.41) is 3.22. The fourth-order valence-electron chi connectivity index (χ4n) is 1.27. The maximum atomic E-state index is 9.95. The average molecular weight is 189 g/mol. The van der Waals surface area contributed by atoms with Gasteiger partial charge in [0.15, 0.2) is 0 Å². The predicted octanol–water partition coefficient (Wildman–Crippen LogP) is 2.74. The van der Waals surface area contributed by atoms with E-state index >= 15 is 0 Å². The van der Waals surface area contributed by atoms with Crippen LogP contribution in [0.5, 0.6) is 0 Å². The second-order valence-corrected chi connectivity index (χ2v) is 3.58. The van der Waals surface area contributed by atoms with Crippen LogP contribution in [0.4, 0.5) is 0 Å². The summed E-state index contributed by atoms with van der Waals surface area (Å²) in [5.41, 5.74) is 1.10. The third-order valence-electron chi connectivity index (χ3n) is 1.88. The quantitative estimate of drug-likeness (QED) is 0.527. The van der Waals surface area contributed by atoms with Gasteiger partial charge in [0.05, 0.1) is 6.54 Å². The lowest BCUT2D eigenvalue weighted by Crippen LogP contribution is -1.76. The number of carbonyl (C=O) groups excluding carboxylic acids is 1. The molecule has 2 rings (SSSR count). The molecular formula is C10H7NOS. The van der Waals surface area contributed by atoms with Gasteiger partial charge in [0, 0.05) is 4.70 Å². The molecule has 2 aromatic rings. The molecule has 2 nitrogen and oxygen atoms in total. The Morgan fingerprint density at radius 2 is 2.23 bits per heavy atom. The van der Waals surface area contributed by atoms with E-state index in [0.717, 1.165) is 5.56 Å². The maximum Gasteiger partial charge on any atom is 0.235 e. The zero-order chi connectivity index (χ0) is 9.10. The van der Waals surface area contributed by atoms with Crippen LogP contribution in [0.3, 0.4) is 0 Å². The molecule has 0 fully saturated rings. The summed E-state index contributed by atoms with van der Waals surface area (Å²) < 4.78 is 1.23. The Hall–Kier alpha value is -1.44. The molecular weight excluding hydrogens is 182 g/mol. The molecule has 1 aromatic carbocycles. The van der Waals surface area contributed by atoms with Crippen molar-refractivity contribution in [2.45, 2.75) is 6.54 Å². The van der Waals surface area contributed by atoms with Crippen molar-refractivity contribution < 1.29 is 4.79 Å². The smallest absolute Gasteiger partial charge is 0.211 e. The molecule has 0 amide bonds.